The van der Waals surface area contributed by atoms with Crippen molar-refractivity contribution in [1.82, 2.24) is 0 Å². The Morgan fingerprint density at radius 3 is 1.52 bits per heavy atom. The Morgan fingerprint density at radius 1 is 0.674 bits per heavy atom. The summed E-state index contributed by atoms with van der Waals surface area (Å²) in [4.78, 5) is 0. The summed E-state index contributed by atoms with van der Waals surface area (Å²) >= 11 is 1.67. The molecule has 2 aliphatic carbocycles. The largest absolute Gasteiger partial charge is 1.00 e. The van der Waals surface area contributed by atoms with Crippen LogP contribution in [0.5, 0.6) is 0 Å². The van der Waals surface area contributed by atoms with E-state index in [0.717, 1.165) is 12.8 Å². The molecular formula is C43H64Cl2Zr-2. The SMILES string of the molecule is CC(C)(C)c1[c-]c2c(cc1C(C)(C)C)-c1cc(C(C)(C)C)c(C(C)(C)C)cc1C2.CCCC[C](=[Zr+2])CCCC.[C-]1=CC=CC1.[Cl-].[Cl-]. The van der Waals surface area contributed by atoms with Crippen molar-refractivity contribution in [3.63, 3.8) is 0 Å². The van der Waals surface area contributed by atoms with E-state index in [-0.39, 0.29) is 46.5 Å². The van der Waals surface area contributed by atoms with E-state index in [1.54, 1.807) is 27.4 Å². The summed E-state index contributed by atoms with van der Waals surface area (Å²) in [7, 11) is 0. The number of hydrogen-bond acceptors (Lipinski definition) is 0. The maximum atomic E-state index is 3.90. The summed E-state index contributed by atoms with van der Waals surface area (Å²) in [6.45, 7) is 32.5. The molecule has 0 bridgehead atoms. The number of benzene rings is 2. The predicted molar refractivity (Wildman–Crippen MR) is 194 cm³/mol. The fraction of sp³-hybridized carbons (Fsp3) is 0.605. The molecule has 0 heterocycles. The van der Waals surface area contributed by atoms with E-state index in [4.69, 9.17) is 0 Å². The minimum absolute atomic E-state index is 0. The van der Waals surface area contributed by atoms with Gasteiger partial charge in [-0.2, -0.15) is 23.8 Å². The van der Waals surface area contributed by atoms with Crippen molar-refractivity contribution >= 4 is 3.21 Å². The van der Waals surface area contributed by atoms with Crippen LogP contribution in [0.1, 0.15) is 175 Å². The maximum Gasteiger partial charge on any atom is -0.109 e. The van der Waals surface area contributed by atoms with Crippen molar-refractivity contribution in [2.24, 2.45) is 0 Å². The van der Waals surface area contributed by atoms with Gasteiger partial charge in [0.2, 0.25) is 0 Å². The molecule has 256 valence electrons. The van der Waals surface area contributed by atoms with Crippen molar-refractivity contribution in [3.05, 3.63) is 82.0 Å². The summed E-state index contributed by atoms with van der Waals surface area (Å²) < 4.78 is 1.79. The Labute approximate surface area is 313 Å². The van der Waals surface area contributed by atoms with E-state index < -0.39 is 0 Å². The van der Waals surface area contributed by atoms with Gasteiger partial charge in [0.25, 0.3) is 0 Å². The molecular weight excluding hydrogens is 679 g/mol. The molecule has 0 unspecified atom stereocenters. The number of allylic oxidation sites excluding steroid dienone is 4. The van der Waals surface area contributed by atoms with Gasteiger partial charge in [-0.1, -0.05) is 106 Å². The molecule has 3 heteroatoms. The molecule has 0 N–H and O–H groups in total. The van der Waals surface area contributed by atoms with Crippen molar-refractivity contribution in [2.45, 2.75) is 170 Å². The summed E-state index contributed by atoms with van der Waals surface area (Å²) in [5, 5.41) is 0. The molecule has 2 aliphatic rings. The van der Waals surface area contributed by atoms with Crippen molar-refractivity contribution < 1.29 is 49.0 Å². The zero-order valence-electron chi connectivity index (χ0n) is 31.9. The van der Waals surface area contributed by atoms with Crippen molar-refractivity contribution in [3.8, 4) is 11.1 Å². The molecule has 4 rings (SSSR count). The third kappa shape index (κ3) is 13.3. The molecule has 0 saturated carbocycles. The van der Waals surface area contributed by atoms with Crippen LogP contribution in [-0.2, 0) is 52.3 Å². The monoisotopic (exact) mass is 740 g/mol. The maximum absolute atomic E-state index is 3.90. The molecule has 0 radical (unpaired) electrons. The quantitative estimate of drug-likeness (QED) is 0.249. The first-order valence-corrected chi connectivity index (χ1v) is 18.5. The fourth-order valence-corrected chi connectivity index (χ4v) is 6.74. The Kier molecular flexibility index (Phi) is 18.6. The minimum Gasteiger partial charge on any atom is -1.00 e. The van der Waals surface area contributed by atoms with Gasteiger partial charge in [0.15, 0.2) is 0 Å². The Morgan fingerprint density at radius 2 is 1.15 bits per heavy atom. The molecule has 0 aliphatic heterocycles. The summed E-state index contributed by atoms with van der Waals surface area (Å²) in [6, 6.07) is 11.4. The smallest absolute Gasteiger partial charge is 0.109 e. The molecule has 0 spiro atoms. The average Bonchev–Trinajstić information content (AvgIpc) is 3.59. The molecule has 0 aromatic heterocycles. The summed E-state index contributed by atoms with van der Waals surface area (Å²) in [5.74, 6) is 0. The minimum atomic E-state index is 0. The van der Waals surface area contributed by atoms with Gasteiger partial charge in [-0.05, 0) is 39.4 Å². The zero-order chi connectivity index (χ0) is 33.5. The predicted octanol–water partition coefficient (Wildman–Crippen LogP) is 6.65. The van der Waals surface area contributed by atoms with Crippen LogP contribution < -0.4 is 24.8 Å². The second kappa shape index (κ2) is 18.9. The van der Waals surface area contributed by atoms with Crippen LogP contribution in [0, 0.1) is 12.1 Å². The van der Waals surface area contributed by atoms with E-state index in [2.05, 4.69) is 133 Å². The molecule has 46 heavy (non-hydrogen) atoms. The third-order valence-electron chi connectivity index (χ3n) is 8.48. The molecule has 0 nitrogen and oxygen atoms in total. The third-order valence-corrected chi connectivity index (χ3v) is 9.71. The number of rotatable bonds is 6. The normalized spacial score (nSPS) is 13.4. The summed E-state index contributed by atoms with van der Waals surface area (Å²) in [5.41, 5.74) is 11.9. The van der Waals surface area contributed by atoms with Crippen molar-refractivity contribution in [1.29, 1.82) is 0 Å². The van der Waals surface area contributed by atoms with E-state index in [0.29, 0.717) is 0 Å². The van der Waals surface area contributed by atoms with Gasteiger partial charge in [-0.15, -0.1) is 23.1 Å². The van der Waals surface area contributed by atoms with Gasteiger partial charge in [0.05, 0.1) is 0 Å². The summed E-state index contributed by atoms with van der Waals surface area (Å²) in [6.07, 6.45) is 19.3. The van der Waals surface area contributed by atoms with E-state index in [1.165, 1.54) is 83.0 Å². The number of unbranched alkanes of at least 4 members (excludes halogenated alkanes) is 2. The molecule has 2 aromatic carbocycles. The molecule has 0 amide bonds. The van der Waals surface area contributed by atoms with Gasteiger partial charge in [-0.25, -0.2) is 12.2 Å². The first kappa shape index (κ1) is 45.3. The molecule has 2 aromatic rings. The van der Waals surface area contributed by atoms with Crippen LogP contribution in [-0.4, -0.2) is 3.21 Å². The molecule has 0 atom stereocenters. The number of hydrogen-bond donors (Lipinski definition) is 0. The van der Waals surface area contributed by atoms with Crippen LogP contribution in [0.15, 0.2) is 36.4 Å². The van der Waals surface area contributed by atoms with Gasteiger partial charge < -0.3 is 24.8 Å². The Bertz CT molecular complexity index is 1220. The van der Waals surface area contributed by atoms with Crippen LogP contribution in [0.3, 0.4) is 0 Å². The van der Waals surface area contributed by atoms with E-state index in [9.17, 15) is 0 Å². The second-order valence-electron chi connectivity index (χ2n) is 17.0. The van der Waals surface area contributed by atoms with E-state index >= 15 is 0 Å². The van der Waals surface area contributed by atoms with Crippen LogP contribution in [0.2, 0.25) is 0 Å². The standard InChI is InChI=1S/C29H41.C9H18.C5H5.2ClH.Zr/c1-26(2,3)22-14-18-13-19-15-23(27(4,5)6)25(29(10,11)12)17-21(19)20(18)16-24(22)28(7,8)9;1-3-5-7-9-8-6-4-2;1-2-4-5-3-1;;;/h14,16-17H,13H2,1-12H3;3-8H2,1-2H3;1-3H,4H2;2*1H;/q-1;;-1;;;+2/p-2. The second-order valence-corrected chi connectivity index (χ2v) is 18.7. The topological polar surface area (TPSA) is 0 Å². The fourth-order valence-electron chi connectivity index (χ4n) is 5.87. The average molecular weight is 743 g/mol. The van der Waals surface area contributed by atoms with Gasteiger partial charge in [0.1, 0.15) is 0 Å². The first-order chi connectivity index (χ1) is 20.2. The molecule has 0 fully saturated rings. The van der Waals surface area contributed by atoms with Crippen molar-refractivity contribution in [2.75, 3.05) is 0 Å². The number of halogens is 2. The van der Waals surface area contributed by atoms with Gasteiger partial charge in [-0.3, -0.25) is 6.08 Å². The van der Waals surface area contributed by atoms with Gasteiger partial charge >= 0.3 is 79.8 Å². The van der Waals surface area contributed by atoms with Gasteiger partial charge in [0, 0.05) is 0 Å². The van der Waals surface area contributed by atoms with Crippen LogP contribution >= 0.6 is 0 Å². The first-order valence-electron chi connectivity index (χ1n) is 17.3. The zero-order valence-corrected chi connectivity index (χ0v) is 35.8. The molecule has 0 saturated heterocycles. The Hall–Kier alpha value is -0.747. The Balaban J connectivity index is 0.000000988. The number of fused-ring (bicyclic) bond motifs is 3. The van der Waals surface area contributed by atoms with Crippen LogP contribution in [0.4, 0.5) is 0 Å². The van der Waals surface area contributed by atoms with Crippen LogP contribution in [0.25, 0.3) is 11.1 Å². The van der Waals surface area contributed by atoms with E-state index in [1.807, 2.05) is 12.2 Å².